The van der Waals surface area contributed by atoms with Gasteiger partial charge in [0, 0.05) is 24.4 Å². The van der Waals surface area contributed by atoms with Crippen LogP contribution in [0.15, 0.2) is 32.6 Å². The van der Waals surface area contributed by atoms with Crippen LogP contribution in [0, 0.1) is 13.8 Å². The Hall–Kier alpha value is -1.29. The number of aromatic nitrogens is 2. The molecular weight excluding hydrogens is 449 g/mol. The van der Waals surface area contributed by atoms with Crippen molar-refractivity contribution < 1.29 is 4.52 Å². The van der Waals surface area contributed by atoms with Crippen molar-refractivity contribution in [3.8, 4) is 0 Å². The van der Waals surface area contributed by atoms with Gasteiger partial charge in [0.05, 0.1) is 6.54 Å². The van der Waals surface area contributed by atoms with E-state index in [0.717, 1.165) is 12.5 Å². The van der Waals surface area contributed by atoms with Crippen molar-refractivity contribution in [2.45, 2.75) is 38.6 Å². The number of thioether (sulfide) groups is 1. The molecule has 2 aromatic rings. The van der Waals surface area contributed by atoms with Crippen molar-refractivity contribution in [3.05, 3.63) is 41.0 Å². The van der Waals surface area contributed by atoms with Crippen LogP contribution in [0.25, 0.3) is 0 Å². The number of halogens is 1. The molecule has 0 fully saturated rings. The zero-order valence-corrected chi connectivity index (χ0v) is 18.3. The van der Waals surface area contributed by atoms with Gasteiger partial charge in [-0.25, -0.2) is 4.99 Å². The monoisotopic (exact) mass is 475 g/mol. The first-order chi connectivity index (χ1) is 11.6. The first-order valence-electron chi connectivity index (χ1n) is 8.07. The summed E-state index contributed by atoms with van der Waals surface area (Å²) >= 11 is 1.75. The molecule has 0 aliphatic rings. The van der Waals surface area contributed by atoms with Gasteiger partial charge in [0.1, 0.15) is 0 Å². The van der Waals surface area contributed by atoms with E-state index in [4.69, 9.17) is 4.52 Å². The molecule has 0 aliphatic heterocycles. The van der Waals surface area contributed by atoms with Crippen molar-refractivity contribution >= 4 is 41.7 Å². The predicted molar refractivity (Wildman–Crippen MR) is 114 cm³/mol. The normalized spacial score (nSPS) is 11.1. The molecule has 0 radical (unpaired) electrons. The van der Waals surface area contributed by atoms with Crippen LogP contribution in [0.3, 0.4) is 0 Å². The van der Waals surface area contributed by atoms with Crippen LogP contribution in [0.5, 0.6) is 0 Å². The van der Waals surface area contributed by atoms with Gasteiger partial charge in [0.25, 0.3) is 0 Å². The lowest BCUT2D eigenvalue weighted by Crippen LogP contribution is -2.38. The quantitative estimate of drug-likeness (QED) is 0.277. The maximum atomic E-state index is 5.11. The summed E-state index contributed by atoms with van der Waals surface area (Å²) in [5, 5.41) is 10.4. The topological polar surface area (TPSA) is 75.3 Å². The molecule has 8 heteroatoms. The lowest BCUT2D eigenvalue weighted by atomic mass is 10.1. The second kappa shape index (κ2) is 11.3. The van der Waals surface area contributed by atoms with Crippen LogP contribution in [-0.4, -0.2) is 35.4 Å². The Morgan fingerprint density at radius 3 is 2.72 bits per heavy atom. The predicted octanol–water partition coefficient (Wildman–Crippen LogP) is 3.32. The van der Waals surface area contributed by atoms with E-state index in [9.17, 15) is 0 Å². The van der Waals surface area contributed by atoms with Gasteiger partial charge in [-0.3, -0.25) is 0 Å². The summed E-state index contributed by atoms with van der Waals surface area (Å²) in [4.78, 5) is 10.1. The Labute approximate surface area is 170 Å². The Balaban J connectivity index is 0.00000312. The van der Waals surface area contributed by atoms with Gasteiger partial charge in [0.15, 0.2) is 11.8 Å². The summed E-state index contributed by atoms with van der Waals surface area (Å²) in [5.41, 5.74) is 2.50. The van der Waals surface area contributed by atoms with E-state index in [1.54, 1.807) is 11.8 Å². The number of hydrogen-bond acceptors (Lipinski definition) is 5. The molecule has 2 N–H and O–H groups in total. The van der Waals surface area contributed by atoms with Crippen molar-refractivity contribution in [1.29, 1.82) is 0 Å². The molecule has 1 aromatic carbocycles. The van der Waals surface area contributed by atoms with Gasteiger partial charge in [0.2, 0.25) is 5.89 Å². The summed E-state index contributed by atoms with van der Waals surface area (Å²) in [6.45, 7) is 8.13. The maximum Gasteiger partial charge on any atom is 0.228 e. The number of guanidine groups is 1. The minimum absolute atomic E-state index is 0. The minimum atomic E-state index is 0. The molecule has 2 rings (SSSR count). The summed E-state index contributed by atoms with van der Waals surface area (Å²) in [5.74, 6) is 2.09. The summed E-state index contributed by atoms with van der Waals surface area (Å²) < 4.78 is 5.11. The molecule has 0 saturated carbocycles. The Morgan fingerprint density at radius 2 is 2.08 bits per heavy atom. The standard InChI is InChI=1S/C17H25N5OS.HI/c1-5-18-17(19-9-8-16-21-13(3)22-23-16)20-11-14-7-6-12(2)10-15(14)24-4;/h6-7,10H,5,8-9,11H2,1-4H3,(H2,18,19,20);1H. The Morgan fingerprint density at radius 1 is 1.28 bits per heavy atom. The molecular formula is C17H26IN5OS. The smallest absolute Gasteiger partial charge is 0.228 e. The molecule has 0 amide bonds. The van der Waals surface area contributed by atoms with E-state index in [2.05, 4.69) is 64.1 Å². The number of rotatable bonds is 7. The van der Waals surface area contributed by atoms with Crippen LogP contribution >= 0.6 is 35.7 Å². The summed E-state index contributed by atoms with van der Waals surface area (Å²) in [6.07, 6.45) is 2.77. The first-order valence-corrected chi connectivity index (χ1v) is 9.29. The van der Waals surface area contributed by atoms with E-state index < -0.39 is 0 Å². The van der Waals surface area contributed by atoms with Gasteiger partial charge >= 0.3 is 0 Å². The first kappa shape index (κ1) is 21.8. The Bertz CT molecular complexity index is 689. The average molecular weight is 475 g/mol. The minimum Gasteiger partial charge on any atom is -0.357 e. The highest BCUT2D eigenvalue weighted by molar-refractivity contribution is 14.0. The highest BCUT2D eigenvalue weighted by Crippen LogP contribution is 2.22. The molecule has 0 aliphatic carbocycles. The van der Waals surface area contributed by atoms with Crippen LogP contribution in [0.1, 0.15) is 29.8 Å². The molecule has 0 saturated heterocycles. The SMILES string of the molecule is CCNC(=NCc1ccc(C)cc1SC)NCCc1nc(C)no1.I. The molecule has 6 nitrogen and oxygen atoms in total. The van der Waals surface area contributed by atoms with Crippen LogP contribution < -0.4 is 10.6 Å². The van der Waals surface area contributed by atoms with Crippen molar-refractivity contribution in [2.75, 3.05) is 19.3 Å². The third-order valence-corrected chi connectivity index (χ3v) is 4.22. The van der Waals surface area contributed by atoms with E-state index in [0.29, 0.717) is 31.2 Å². The fourth-order valence-corrected chi connectivity index (χ4v) is 2.92. The average Bonchev–Trinajstić information content (AvgIpc) is 2.98. The van der Waals surface area contributed by atoms with Crippen molar-refractivity contribution in [2.24, 2.45) is 4.99 Å². The fourth-order valence-electron chi connectivity index (χ4n) is 2.22. The lowest BCUT2D eigenvalue weighted by molar-refractivity contribution is 0.374. The third kappa shape index (κ3) is 7.23. The van der Waals surface area contributed by atoms with Crippen LogP contribution in [0.4, 0.5) is 0 Å². The molecule has 1 aromatic heterocycles. The highest BCUT2D eigenvalue weighted by Gasteiger charge is 2.05. The number of nitrogens with one attached hydrogen (secondary N) is 2. The van der Waals surface area contributed by atoms with Gasteiger partial charge in [-0.05, 0) is 44.2 Å². The molecule has 0 unspecified atom stereocenters. The van der Waals surface area contributed by atoms with Gasteiger partial charge in [-0.1, -0.05) is 17.3 Å². The second-order valence-corrected chi connectivity index (χ2v) is 6.27. The van der Waals surface area contributed by atoms with Gasteiger partial charge in [-0.2, -0.15) is 4.98 Å². The fraction of sp³-hybridized carbons (Fsp3) is 0.471. The molecule has 25 heavy (non-hydrogen) atoms. The Kier molecular flexibility index (Phi) is 9.88. The van der Waals surface area contributed by atoms with Gasteiger partial charge < -0.3 is 15.2 Å². The summed E-state index contributed by atoms with van der Waals surface area (Å²) in [6, 6.07) is 6.48. The van der Waals surface area contributed by atoms with Gasteiger partial charge in [-0.15, -0.1) is 35.7 Å². The number of nitrogens with zero attached hydrogens (tertiary/aromatic N) is 3. The largest absolute Gasteiger partial charge is 0.357 e. The highest BCUT2D eigenvalue weighted by atomic mass is 127. The molecule has 0 spiro atoms. The van der Waals surface area contributed by atoms with E-state index >= 15 is 0 Å². The second-order valence-electron chi connectivity index (χ2n) is 5.42. The number of aliphatic imine (C=N–C) groups is 1. The third-order valence-electron chi connectivity index (χ3n) is 3.40. The van der Waals surface area contributed by atoms with Crippen LogP contribution in [-0.2, 0) is 13.0 Å². The van der Waals surface area contributed by atoms with Crippen molar-refractivity contribution in [3.63, 3.8) is 0 Å². The molecule has 1 heterocycles. The zero-order chi connectivity index (χ0) is 17.4. The number of aryl methyl sites for hydroxylation is 2. The van der Waals surface area contributed by atoms with Crippen molar-refractivity contribution in [1.82, 2.24) is 20.8 Å². The molecule has 0 atom stereocenters. The van der Waals surface area contributed by atoms with E-state index in [1.165, 1.54) is 16.0 Å². The molecule has 138 valence electrons. The zero-order valence-electron chi connectivity index (χ0n) is 15.1. The van der Waals surface area contributed by atoms with Crippen LogP contribution in [0.2, 0.25) is 0 Å². The molecule has 0 bridgehead atoms. The van der Waals surface area contributed by atoms with E-state index in [1.807, 2.05) is 6.92 Å². The lowest BCUT2D eigenvalue weighted by Gasteiger charge is -2.11. The van der Waals surface area contributed by atoms with E-state index in [-0.39, 0.29) is 24.0 Å². The number of hydrogen-bond donors (Lipinski definition) is 2. The maximum absolute atomic E-state index is 5.11. The number of benzene rings is 1. The summed E-state index contributed by atoms with van der Waals surface area (Å²) in [7, 11) is 0.